The van der Waals surface area contributed by atoms with Gasteiger partial charge >= 0.3 is 11.9 Å². The molecule has 3 rings (SSSR count). The van der Waals surface area contributed by atoms with Gasteiger partial charge in [-0.05, 0) is 5.56 Å². The number of furan rings is 1. The highest BCUT2D eigenvalue weighted by atomic mass is 16.5. The zero-order chi connectivity index (χ0) is 17.1. The molecule has 0 aliphatic rings. The summed E-state index contributed by atoms with van der Waals surface area (Å²) in [6.07, 6.45) is -0.133. The van der Waals surface area contributed by atoms with E-state index in [9.17, 15) is 9.59 Å². The van der Waals surface area contributed by atoms with Crippen molar-refractivity contribution < 1.29 is 23.8 Å². The largest absolute Gasteiger partial charge is 0.481 e. The van der Waals surface area contributed by atoms with Crippen LogP contribution in [0.2, 0.25) is 0 Å². The minimum absolute atomic E-state index is 0.000746. The molecule has 5 nitrogen and oxygen atoms in total. The lowest BCUT2D eigenvalue weighted by molar-refractivity contribution is -0.142. The van der Waals surface area contributed by atoms with Gasteiger partial charge in [0, 0.05) is 23.4 Å². The number of carbonyl (C=O) groups is 2. The predicted molar refractivity (Wildman–Crippen MR) is 88.5 cm³/mol. The van der Waals surface area contributed by atoms with Gasteiger partial charge in [0.15, 0.2) is 5.76 Å². The Kier molecular flexibility index (Phi) is 4.33. The van der Waals surface area contributed by atoms with Gasteiger partial charge in [0.25, 0.3) is 0 Å². The van der Waals surface area contributed by atoms with Crippen LogP contribution in [0.1, 0.15) is 18.2 Å². The Bertz CT molecular complexity index is 893. The average molecular weight is 324 g/mol. The Morgan fingerprint density at radius 2 is 1.83 bits per heavy atom. The van der Waals surface area contributed by atoms with Gasteiger partial charge in [-0.25, -0.2) is 0 Å². The van der Waals surface area contributed by atoms with Gasteiger partial charge in [-0.2, -0.15) is 0 Å². The van der Waals surface area contributed by atoms with E-state index in [4.69, 9.17) is 14.3 Å². The molecule has 0 spiro atoms. The first-order chi connectivity index (χ1) is 11.6. The number of hydrogen-bond acceptors (Lipinski definition) is 4. The highest BCUT2D eigenvalue weighted by molar-refractivity contribution is 5.98. The number of benzene rings is 2. The van der Waals surface area contributed by atoms with Crippen molar-refractivity contribution in [2.75, 3.05) is 0 Å². The maximum Gasteiger partial charge on any atom is 0.307 e. The second-order valence-corrected chi connectivity index (χ2v) is 5.41. The third-order valence-electron chi connectivity index (χ3n) is 3.68. The summed E-state index contributed by atoms with van der Waals surface area (Å²) in [6, 6.07) is 15.0. The molecule has 2 aromatic carbocycles. The Morgan fingerprint density at radius 3 is 2.50 bits per heavy atom. The second-order valence-electron chi connectivity index (χ2n) is 5.41. The smallest absolute Gasteiger partial charge is 0.307 e. The average Bonchev–Trinajstić information content (AvgIpc) is 2.93. The molecule has 0 atom stereocenters. The van der Waals surface area contributed by atoms with E-state index in [2.05, 4.69) is 0 Å². The van der Waals surface area contributed by atoms with Gasteiger partial charge in [0.2, 0.25) is 0 Å². The Morgan fingerprint density at radius 1 is 1.08 bits per heavy atom. The van der Waals surface area contributed by atoms with E-state index in [0.29, 0.717) is 16.9 Å². The van der Waals surface area contributed by atoms with Gasteiger partial charge in [-0.15, -0.1) is 0 Å². The van der Waals surface area contributed by atoms with Crippen LogP contribution >= 0.6 is 0 Å². The van der Waals surface area contributed by atoms with E-state index in [1.165, 1.54) is 6.92 Å². The number of carboxylic acids is 1. The lowest BCUT2D eigenvalue weighted by Crippen LogP contribution is -1.99. The van der Waals surface area contributed by atoms with Crippen molar-refractivity contribution in [1.82, 2.24) is 0 Å². The number of para-hydroxylation sites is 1. The van der Waals surface area contributed by atoms with Crippen LogP contribution in [0.3, 0.4) is 0 Å². The van der Waals surface area contributed by atoms with Crippen molar-refractivity contribution in [2.45, 2.75) is 20.0 Å². The maximum absolute atomic E-state index is 11.2. The van der Waals surface area contributed by atoms with Gasteiger partial charge in [-0.1, -0.05) is 48.5 Å². The number of esters is 1. The van der Waals surface area contributed by atoms with Crippen molar-refractivity contribution in [1.29, 1.82) is 0 Å². The normalized spacial score (nSPS) is 10.7. The fourth-order valence-corrected chi connectivity index (χ4v) is 2.72. The molecular weight excluding hydrogens is 308 g/mol. The number of rotatable bonds is 5. The van der Waals surface area contributed by atoms with Gasteiger partial charge in [0.05, 0.1) is 6.42 Å². The van der Waals surface area contributed by atoms with Crippen molar-refractivity contribution >= 4 is 22.9 Å². The van der Waals surface area contributed by atoms with Crippen LogP contribution in [0.5, 0.6) is 0 Å². The lowest BCUT2D eigenvalue weighted by Gasteiger charge is -2.04. The summed E-state index contributed by atoms with van der Waals surface area (Å²) in [4.78, 5) is 22.2. The maximum atomic E-state index is 11.2. The molecule has 1 heterocycles. The number of hydrogen-bond donors (Lipinski definition) is 1. The van der Waals surface area contributed by atoms with Crippen molar-refractivity contribution in [2.24, 2.45) is 0 Å². The molecule has 1 N–H and O–H groups in total. The molecule has 0 aliphatic carbocycles. The number of fused-ring (bicyclic) bond motifs is 1. The SMILES string of the molecule is CC(=O)OCc1oc2c(CC(=O)O)cccc2c1-c1ccccc1. The Balaban J connectivity index is 2.19. The highest BCUT2D eigenvalue weighted by Gasteiger charge is 2.19. The zero-order valence-corrected chi connectivity index (χ0v) is 13.1. The first-order valence-electron chi connectivity index (χ1n) is 7.50. The lowest BCUT2D eigenvalue weighted by atomic mass is 10.00. The quantitative estimate of drug-likeness (QED) is 0.723. The Hall–Kier alpha value is -3.08. The molecule has 122 valence electrons. The van der Waals surface area contributed by atoms with Crippen LogP contribution in [0.15, 0.2) is 52.9 Å². The summed E-state index contributed by atoms with van der Waals surface area (Å²) in [6.45, 7) is 1.33. The van der Waals surface area contributed by atoms with E-state index in [1.54, 1.807) is 12.1 Å². The highest BCUT2D eigenvalue weighted by Crippen LogP contribution is 2.37. The molecule has 0 radical (unpaired) electrons. The number of carboxylic acid groups (broad SMARTS) is 1. The summed E-state index contributed by atoms with van der Waals surface area (Å²) in [5.41, 5.74) is 2.84. The third kappa shape index (κ3) is 3.15. The topological polar surface area (TPSA) is 76.7 Å². The molecule has 0 bridgehead atoms. The molecule has 24 heavy (non-hydrogen) atoms. The summed E-state index contributed by atoms with van der Waals surface area (Å²) in [5.74, 6) is -0.828. The van der Waals surface area contributed by atoms with Crippen LogP contribution in [0.25, 0.3) is 22.1 Å². The number of aliphatic carboxylic acids is 1. The molecule has 0 saturated heterocycles. The molecule has 0 fully saturated rings. The summed E-state index contributed by atoms with van der Waals surface area (Å²) in [7, 11) is 0. The first kappa shape index (κ1) is 15.8. The summed E-state index contributed by atoms with van der Waals surface area (Å²) >= 11 is 0. The standard InChI is InChI=1S/C19H16O5/c1-12(20)23-11-16-18(13-6-3-2-4-7-13)15-9-5-8-14(10-17(21)22)19(15)24-16/h2-9H,10-11H2,1H3,(H,21,22). The van der Waals surface area contributed by atoms with Crippen LogP contribution in [-0.4, -0.2) is 17.0 Å². The summed E-state index contributed by atoms with van der Waals surface area (Å²) in [5, 5.41) is 9.89. The van der Waals surface area contributed by atoms with Gasteiger partial charge in [0.1, 0.15) is 12.2 Å². The van der Waals surface area contributed by atoms with Crippen molar-refractivity contribution in [3.05, 3.63) is 59.9 Å². The van der Waals surface area contributed by atoms with Gasteiger partial charge in [-0.3, -0.25) is 9.59 Å². The van der Waals surface area contributed by atoms with E-state index in [1.807, 2.05) is 36.4 Å². The Labute approximate surface area is 138 Å². The van der Waals surface area contributed by atoms with Gasteiger partial charge < -0.3 is 14.3 Å². The fourth-order valence-electron chi connectivity index (χ4n) is 2.72. The monoisotopic (exact) mass is 324 g/mol. The molecule has 0 unspecified atom stereocenters. The fraction of sp³-hybridized carbons (Fsp3) is 0.158. The van der Waals surface area contributed by atoms with Crippen LogP contribution < -0.4 is 0 Å². The van der Waals surface area contributed by atoms with E-state index < -0.39 is 11.9 Å². The van der Waals surface area contributed by atoms with Crippen LogP contribution in [0, 0.1) is 0 Å². The van der Waals surface area contributed by atoms with Crippen molar-refractivity contribution in [3.8, 4) is 11.1 Å². The predicted octanol–water partition coefficient (Wildman–Crippen LogP) is 3.79. The molecule has 3 aromatic rings. The molecule has 0 amide bonds. The minimum Gasteiger partial charge on any atom is -0.481 e. The number of ether oxygens (including phenoxy) is 1. The van der Waals surface area contributed by atoms with Crippen molar-refractivity contribution in [3.63, 3.8) is 0 Å². The number of carbonyl (C=O) groups excluding carboxylic acids is 1. The first-order valence-corrected chi connectivity index (χ1v) is 7.50. The zero-order valence-electron chi connectivity index (χ0n) is 13.1. The third-order valence-corrected chi connectivity index (χ3v) is 3.68. The molecular formula is C19H16O5. The van der Waals surface area contributed by atoms with E-state index in [-0.39, 0.29) is 13.0 Å². The van der Waals surface area contributed by atoms with Crippen LogP contribution in [0.4, 0.5) is 0 Å². The molecule has 0 aliphatic heterocycles. The second kappa shape index (κ2) is 6.58. The molecule has 5 heteroatoms. The minimum atomic E-state index is -0.929. The molecule has 1 aromatic heterocycles. The molecule has 0 saturated carbocycles. The van der Waals surface area contributed by atoms with E-state index in [0.717, 1.165) is 16.5 Å². The van der Waals surface area contributed by atoms with E-state index >= 15 is 0 Å². The summed E-state index contributed by atoms with van der Waals surface area (Å²) < 4.78 is 11.0. The van der Waals surface area contributed by atoms with Crippen LogP contribution in [-0.2, 0) is 27.4 Å².